The van der Waals surface area contributed by atoms with Gasteiger partial charge < -0.3 is 10.2 Å². The fourth-order valence-corrected chi connectivity index (χ4v) is 3.48. The minimum atomic E-state index is -0.417. The molecule has 28 heavy (non-hydrogen) atoms. The Balaban J connectivity index is 1.77. The number of benzene rings is 2. The van der Waals surface area contributed by atoms with Gasteiger partial charge in [0.25, 0.3) is 0 Å². The largest absolute Gasteiger partial charge is 0.342 e. The van der Waals surface area contributed by atoms with Crippen molar-refractivity contribution in [2.24, 2.45) is 5.92 Å². The number of carbonyl (C=O) groups excluding carboxylic acids is 3. The summed E-state index contributed by atoms with van der Waals surface area (Å²) in [6.45, 7) is 3.16. The molecular formula is C22H23ClN2O3. The molecule has 1 aliphatic rings. The molecule has 2 aromatic rings. The third-order valence-corrected chi connectivity index (χ3v) is 5.12. The van der Waals surface area contributed by atoms with Crippen molar-refractivity contribution in [3.63, 3.8) is 0 Å². The van der Waals surface area contributed by atoms with Crippen molar-refractivity contribution in [2.75, 3.05) is 18.4 Å². The number of ketones is 1. The van der Waals surface area contributed by atoms with E-state index in [0.29, 0.717) is 34.9 Å². The Labute approximate surface area is 169 Å². The SMILES string of the molecule is CCCCN1C[C@@H](C(=O)Nc2ccc(Cl)cc2C(=O)c2ccccc2)CC1=O. The Hall–Kier alpha value is -2.66. The van der Waals surface area contributed by atoms with Gasteiger partial charge in [0.2, 0.25) is 11.8 Å². The smallest absolute Gasteiger partial charge is 0.229 e. The van der Waals surface area contributed by atoms with Crippen LogP contribution in [0, 0.1) is 5.92 Å². The molecule has 0 aliphatic carbocycles. The Kier molecular flexibility index (Phi) is 6.47. The molecule has 0 aromatic heterocycles. The molecule has 0 spiro atoms. The summed E-state index contributed by atoms with van der Waals surface area (Å²) in [5.41, 5.74) is 1.25. The maximum absolute atomic E-state index is 12.9. The van der Waals surface area contributed by atoms with Crippen molar-refractivity contribution in [3.05, 3.63) is 64.7 Å². The molecule has 1 heterocycles. The highest BCUT2D eigenvalue weighted by Crippen LogP contribution is 2.26. The molecule has 2 aromatic carbocycles. The van der Waals surface area contributed by atoms with Crippen LogP contribution < -0.4 is 5.32 Å². The first-order valence-electron chi connectivity index (χ1n) is 9.47. The van der Waals surface area contributed by atoms with Crippen LogP contribution in [0.4, 0.5) is 5.69 Å². The van der Waals surface area contributed by atoms with Crippen LogP contribution in [0.1, 0.15) is 42.1 Å². The number of unbranched alkanes of at least 4 members (excludes halogenated alkanes) is 1. The number of amides is 2. The Morgan fingerprint density at radius 2 is 1.93 bits per heavy atom. The van der Waals surface area contributed by atoms with Crippen LogP contribution in [0.25, 0.3) is 0 Å². The number of nitrogens with one attached hydrogen (secondary N) is 1. The minimum absolute atomic E-state index is 0.00490. The molecule has 1 fully saturated rings. The highest BCUT2D eigenvalue weighted by molar-refractivity contribution is 6.31. The summed E-state index contributed by atoms with van der Waals surface area (Å²) in [6, 6.07) is 13.6. The van der Waals surface area contributed by atoms with E-state index in [0.717, 1.165) is 12.8 Å². The van der Waals surface area contributed by atoms with Crippen LogP contribution in [0.5, 0.6) is 0 Å². The van der Waals surface area contributed by atoms with E-state index >= 15 is 0 Å². The van der Waals surface area contributed by atoms with Crippen LogP contribution in [0.3, 0.4) is 0 Å². The van der Waals surface area contributed by atoms with Crippen molar-refractivity contribution in [3.8, 4) is 0 Å². The summed E-state index contributed by atoms with van der Waals surface area (Å²) in [5, 5.41) is 3.25. The summed E-state index contributed by atoms with van der Waals surface area (Å²) in [6.07, 6.45) is 2.12. The molecule has 0 radical (unpaired) electrons. The Morgan fingerprint density at radius 1 is 1.18 bits per heavy atom. The quantitative estimate of drug-likeness (QED) is 0.712. The first-order chi connectivity index (χ1) is 13.5. The number of halogens is 1. The lowest BCUT2D eigenvalue weighted by Gasteiger charge is -2.16. The molecule has 0 bridgehead atoms. The maximum atomic E-state index is 12.9. The van der Waals surface area contributed by atoms with Crippen LogP contribution in [0.2, 0.25) is 5.02 Å². The van der Waals surface area contributed by atoms with Gasteiger partial charge in [-0.05, 0) is 24.6 Å². The normalized spacial score (nSPS) is 16.3. The molecule has 0 unspecified atom stereocenters. The van der Waals surface area contributed by atoms with E-state index in [9.17, 15) is 14.4 Å². The standard InChI is InChI=1S/C22H23ClN2O3/c1-2-3-11-25-14-16(12-20(25)26)22(28)24-19-10-9-17(23)13-18(19)21(27)15-7-5-4-6-8-15/h4-10,13,16H,2-3,11-12,14H2,1H3,(H,24,28)/t16-/m0/s1. The lowest BCUT2D eigenvalue weighted by molar-refractivity contribution is -0.128. The molecule has 1 saturated heterocycles. The summed E-state index contributed by atoms with van der Waals surface area (Å²) in [5.74, 6) is -0.882. The van der Waals surface area contributed by atoms with Crippen molar-refractivity contribution >= 4 is 34.9 Å². The zero-order valence-corrected chi connectivity index (χ0v) is 16.5. The van der Waals surface area contributed by atoms with Gasteiger partial charge in [0, 0.05) is 35.7 Å². The molecule has 5 nitrogen and oxygen atoms in total. The second-order valence-electron chi connectivity index (χ2n) is 6.97. The van der Waals surface area contributed by atoms with Gasteiger partial charge in [0.15, 0.2) is 5.78 Å². The van der Waals surface area contributed by atoms with Gasteiger partial charge in [-0.3, -0.25) is 14.4 Å². The first kappa shape index (κ1) is 20.1. The molecular weight excluding hydrogens is 376 g/mol. The van der Waals surface area contributed by atoms with E-state index < -0.39 is 5.92 Å². The molecule has 146 valence electrons. The fraction of sp³-hybridized carbons (Fsp3) is 0.318. The summed E-state index contributed by atoms with van der Waals surface area (Å²) < 4.78 is 0. The first-order valence-corrected chi connectivity index (χ1v) is 9.85. The summed E-state index contributed by atoms with van der Waals surface area (Å²) in [4.78, 5) is 39.5. The number of carbonyl (C=O) groups is 3. The number of anilines is 1. The van der Waals surface area contributed by atoms with Gasteiger partial charge in [-0.2, -0.15) is 0 Å². The lowest BCUT2D eigenvalue weighted by Crippen LogP contribution is -2.29. The van der Waals surface area contributed by atoms with E-state index in [1.807, 2.05) is 6.07 Å². The van der Waals surface area contributed by atoms with Crippen LogP contribution in [-0.2, 0) is 9.59 Å². The van der Waals surface area contributed by atoms with Crippen LogP contribution in [0.15, 0.2) is 48.5 Å². The van der Waals surface area contributed by atoms with Gasteiger partial charge in [-0.15, -0.1) is 0 Å². The van der Waals surface area contributed by atoms with Crippen molar-refractivity contribution in [1.82, 2.24) is 4.90 Å². The molecule has 0 saturated carbocycles. The van der Waals surface area contributed by atoms with Gasteiger partial charge in [-0.1, -0.05) is 55.3 Å². The Morgan fingerprint density at radius 3 is 2.64 bits per heavy atom. The summed E-state index contributed by atoms with van der Waals surface area (Å²) in [7, 11) is 0. The van der Waals surface area contributed by atoms with Crippen molar-refractivity contribution in [1.29, 1.82) is 0 Å². The van der Waals surface area contributed by atoms with Crippen LogP contribution in [-0.4, -0.2) is 35.6 Å². The minimum Gasteiger partial charge on any atom is -0.342 e. The third kappa shape index (κ3) is 4.60. The lowest BCUT2D eigenvalue weighted by atomic mass is 10.0. The van der Waals surface area contributed by atoms with Gasteiger partial charge in [0.05, 0.1) is 11.6 Å². The number of hydrogen-bond donors (Lipinski definition) is 1. The monoisotopic (exact) mass is 398 g/mol. The molecule has 2 amide bonds. The number of hydrogen-bond acceptors (Lipinski definition) is 3. The fourth-order valence-electron chi connectivity index (χ4n) is 3.31. The average Bonchev–Trinajstić information content (AvgIpc) is 3.08. The van der Waals surface area contributed by atoms with Crippen LogP contribution >= 0.6 is 11.6 Å². The second-order valence-corrected chi connectivity index (χ2v) is 7.41. The topological polar surface area (TPSA) is 66.5 Å². The van der Waals surface area contributed by atoms with Gasteiger partial charge in [0.1, 0.15) is 0 Å². The van der Waals surface area contributed by atoms with Crippen molar-refractivity contribution in [2.45, 2.75) is 26.2 Å². The molecule has 1 N–H and O–H groups in total. The van der Waals surface area contributed by atoms with E-state index in [2.05, 4.69) is 12.2 Å². The predicted octanol–water partition coefficient (Wildman–Crippen LogP) is 4.16. The second kappa shape index (κ2) is 9.02. The van der Waals surface area contributed by atoms with E-state index in [1.54, 1.807) is 47.4 Å². The summed E-state index contributed by atoms with van der Waals surface area (Å²) >= 11 is 6.08. The molecule has 1 aliphatic heterocycles. The zero-order chi connectivity index (χ0) is 20.1. The number of likely N-dealkylation sites (tertiary alicyclic amines) is 1. The third-order valence-electron chi connectivity index (χ3n) is 4.89. The van der Waals surface area contributed by atoms with Gasteiger partial charge in [-0.25, -0.2) is 0 Å². The highest BCUT2D eigenvalue weighted by atomic mass is 35.5. The number of nitrogens with zero attached hydrogens (tertiary/aromatic N) is 1. The van der Waals surface area contributed by atoms with E-state index in [-0.39, 0.29) is 24.0 Å². The highest BCUT2D eigenvalue weighted by Gasteiger charge is 2.34. The zero-order valence-electron chi connectivity index (χ0n) is 15.8. The van der Waals surface area contributed by atoms with Crippen molar-refractivity contribution < 1.29 is 14.4 Å². The van der Waals surface area contributed by atoms with E-state index in [4.69, 9.17) is 11.6 Å². The molecule has 6 heteroatoms. The molecule has 3 rings (SSSR count). The predicted molar refractivity (Wildman–Crippen MR) is 110 cm³/mol. The van der Waals surface area contributed by atoms with Gasteiger partial charge >= 0.3 is 0 Å². The maximum Gasteiger partial charge on any atom is 0.229 e. The average molecular weight is 399 g/mol. The van der Waals surface area contributed by atoms with E-state index in [1.165, 1.54) is 0 Å². The Bertz CT molecular complexity index is 883. The molecule has 1 atom stereocenters. The number of rotatable bonds is 7.